The van der Waals surface area contributed by atoms with Crippen LogP contribution in [-0.4, -0.2) is 21.4 Å². The van der Waals surface area contributed by atoms with Crippen LogP contribution in [0.1, 0.15) is 17.0 Å². The molecule has 0 saturated heterocycles. The van der Waals surface area contributed by atoms with Crippen molar-refractivity contribution in [1.29, 1.82) is 0 Å². The van der Waals surface area contributed by atoms with Gasteiger partial charge in [-0.15, -0.1) is 11.3 Å². The van der Waals surface area contributed by atoms with Gasteiger partial charge in [-0.3, -0.25) is 4.90 Å². The first kappa shape index (κ1) is 18.8. The van der Waals surface area contributed by atoms with Crippen molar-refractivity contribution in [2.45, 2.75) is 19.5 Å². The Kier molecular flexibility index (Phi) is 5.14. The van der Waals surface area contributed by atoms with Crippen LogP contribution in [0.3, 0.4) is 0 Å². The average molecular weight is 442 g/mol. The molecule has 0 spiro atoms. The normalized spacial score (nSPS) is 14.1. The van der Waals surface area contributed by atoms with Gasteiger partial charge in [0, 0.05) is 41.9 Å². The molecular formula is C22H17Cl2N3OS. The molecule has 5 rings (SSSR count). The smallest absolute Gasteiger partial charge is 0.169 e. The van der Waals surface area contributed by atoms with E-state index in [4.69, 9.17) is 32.6 Å². The van der Waals surface area contributed by atoms with Crippen LogP contribution in [0, 0.1) is 0 Å². The number of hydrogen-bond acceptors (Lipinski definition) is 5. The SMILES string of the molecule is Clc1ccc(Cl)c(-c2ccc(CN3CCc4nc(-c5cccs5)ncc4C3)o2)c1. The van der Waals surface area contributed by atoms with Crippen molar-refractivity contribution >= 4 is 34.5 Å². The second-order valence-corrected chi connectivity index (χ2v) is 8.78. The molecule has 3 aromatic heterocycles. The molecule has 0 N–H and O–H groups in total. The van der Waals surface area contributed by atoms with Crippen LogP contribution in [0.4, 0.5) is 0 Å². The van der Waals surface area contributed by atoms with Crippen molar-refractivity contribution in [3.05, 3.63) is 81.1 Å². The maximum absolute atomic E-state index is 6.30. The zero-order chi connectivity index (χ0) is 19.8. The van der Waals surface area contributed by atoms with E-state index in [9.17, 15) is 0 Å². The topological polar surface area (TPSA) is 42.2 Å². The highest BCUT2D eigenvalue weighted by atomic mass is 35.5. The van der Waals surface area contributed by atoms with Crippen molar-refractivity contribution in [3.8, 4) is 22.0 Å². The Morgan fingerprint density at radius 2 is 2.07 bits per heavy atom. The van der Waals surface area contributed by atoms with Crippen LogP contribution < -0.4 is 0 Å². The minimum Gasteiger partial charge on any atom is -0.460 e. The number of fused-ring (bicyclic) bond motifs is 1. The third-order valence-corrected chi connectivity index (χ3v) is 6.42. The molecule has 146 valence electrons. The lowest BCUT2D eigenvalue weighted by Gasteiger charge is -2.27. The zero-order valence-electron chi connectivity index (χ0n) is 15.4. The van der Waals surface area contributed by atoms with Gasteiger partial charge in [0.1, 0.15) is 11.5 Å². The Morgan fingerprint density at radius 1 is 1.14 bits per heavy atom. The maximum atomic E-state index is 6.30. The van der Waals surface area contributed by atoms with E-state index >= 15 is 0 Å². The van der Waals surface area contributed by atoms with Gasteiger partial charge in [-0.1, -0.05) is 29.3 Å². The van der Waals surface area contributed by atoms with Crippen molar-refractivity contribution in [1.82, 2.24) is 14.9 Å². The average Bonchev–Trinajstić information content (AvgIpc) is 3.42. The Morgan fingerprint density at radius 3 is 2.93 bits per heavy atom. The molecule has 0 radical (unpaired) electrons. The van der Waals surface area contributed by atoms with E-state index in [1.165, 1.54) is 5.56 Å². The van der Waals surface area contributed by atoms with E-state index in [-0.39, 0.29) is 0 Å². The van der Waals surface area contributed by atoms with Crippen LogP contribution in [0.15, 0.2) is 58.5 Å². The second-order valence-electron chi connectivity index (χ2n) is 6.99. The standard InChI is InChI=1S/C22H17Cl2N3OS/c23-15-3-5-18(24)17(10-15)20-6-4-16(28-20)13-27-8-7-19-14(12-27)11-25-22(26-19)21-2-1-9-29-21/h1-6,9-11H,7-8,12-13H2. The molecule has 1 aliphatic heterocycles. The van der Waals surface area contributed by atoms with Crippen LogP contribution in [0.25, 0.3) is 22.0 Å². The third-order valence-electron chi connectivity index (χ3n) is 4.99. The molecule has 0 saturated carbocycles. The van der Waals surface area contributed by atoms with Crippen molar-refractivity contribution in [2.24, 2.45) is 0 Å². The summed E-state index contributed by atoms with van der Waals surface area (Å²) in [7, 11) is 0. The van der Waals surface area contributed by atoms with Crippen LogP contribution >= 0.6 is 34.5 Å². The molecule has 1 aromatic carbocycles. The molecule has 29 heavy (non-hydrogen) atoms. The highest BCUT2D eigenvalue weighted by Gasteiger charge is 2.20. The first-order valence-corrected chi connectivity index (χ1v) is 10.9. The number of thiophene rings is 1. The molecule has 0 unspecified atom stereocenters. The molecule has 4 heterocycles. The quantitative estimate of drug-likeness (QED) is 0.370. The van der Waals surface area contributed by atoms with Gasteiger partial charge in [-0.25, -0.2) is 9.97 Å². The lowest BCUT2D eigenvalue weighted by atomic mass is 10.1. The van der Waals surface area contributed by atoms with E-state index in [0.717, 1.165) is 59.5 Å². The van der Waals surface area contributed by atoms with Crippen molar-refractivity contribution < 1.29 is 4.42 Å². The molecule has 7 heteroatoms. The predicted molar refractivity (Wildman–Crippen MR) is 117 cm³/mol. The molecule has 0 aliphatic carbocycles. The molecule has 1 aliphatic rings. The van der Waals surface area contributed by atoms with E-state index < -0.39 is 0 Å². The van der Waals surface area contributed by atoms with Gasteiger partial charge < -0.3 is 4.42 Å². The van der Waals surface area contributed by atoms with Gasteiger partial charge in [0.2, 0.25) is 0 Å². The fourth-order valence-electron chi connectivity index (χ4n) is 3.55. The number of rotatable bonds is 4. The van der Waals surface area contributed by atoms with Gasteiger partial charge in [0.05, 0.1) is 22.1 Å². The summed E-state index contributed by atoms with van der Waals surface area (Å²) in [5.74, 6) is 2.45. The minimum absolute atomic E-state index is 0.626. The lowest BCUT2D eigenvalue weighted by Crippen LogP contribution is -2.30. The monoisotopic (exact) mass is 441 g/mol. The molecular weight excluding hydrogens is 425 g/mol. The summed E-state index contributed by atoms with van der Waals surface area (Å²) in [5.41, 5.74) is 3.13. The van der Waals surface area contributed by atoms with E-state index in [1.54, 1.807) is 23.5 Å². The fourth-order valence-corrected chi connectivity index (χ4v) is 4.60. The van der Waals surface area contributed by atoms with Crippen molar-refractivity contribution in [3.63, 3.8) is 0 Å². The Labute approximate surface area is 182 Å². The van der Waals surface area contributed by atoms with Gasteiger partial charge in [-0.2, -0.15) is 0 Å². The zero-order valence-corrected chi connectivity index (χ0v) is 17.8. The maximum Gasteiger partial charge on any atom is 0.169 e. The number of aromatic nitrogens is 2. The van der Waals surface area contributed by atoms with E-state index in [2.05, 4.69) is 16.0 Å². The second kappa shape index (κ2) is 7.92. The minimum atomic E-state index is 0.626. The summed E-state index contributed by atoms with van der Waals surface area (Å²) in [6, 6.07) is 13.4. The number of benzene rings is 1. The van der Waals surface area contributed by atoms with Gasteiger partial charge in [-0.05, 0) is 41.8 Å². The van der Waals surface area contributed by atoms with E-state index in [0.29, 0.717) is 10.0 Å². The largest absolute Gasteiger partial charge is 0.460 e. The number of furan rings is 1. The number of nitrogens with zero attached hydrogens (tertiary/aromatic N) is 3. The molecule has 0 fully saturated rings. The van der Waals surface area contributed by atoms with E-state index in [1.807, 2.05) is 35.8 Å². The van der Waals surface area contributed by atoms with Gasteiger partial charge >= 0.3 is 0 Å². The fraction of sp³-hybridized carbons (Fsp3) is 0.182. The summed E-state index contributed by atoms with van der Waals surface area (Å²) in [5, 5.41) is 3.31. The summed E-state index contributed by atoms with van der Waals surface area (Å²) >= 11 is 14.1. The number of halogens is 2. The Hall–Kier alpha value is -2.18. The molecule has 4 aromatic rings. The highest BCUT2D eigenvalue weighted by molar-refractivity contribution is 7.13. The molecule has 0 atom stereocenters. The number of hydrogen-bond donors (Lipinski definition) is 0. The third kappa shape index (κ3) is 3.96. The molecule has 0 amide bonds. The lowest BCUT2D eigenvalue weighted by molar-refractivity contribution is 0.224. The van der Waals surface area contributed by atoms with Crippen LogP contribution in [0.2, 0.25) is 10.0 Å². The van der Waals surface area contributed by atoms with Crippen LogP contribution in [0.5, 0.6) is 0 Å². The van der Waals surface area contributed by atoms with Crippen molar-refractivity contribution in [2.75, 3.05) is 6.54 Å². The van der Waals surface area contributed by atoms with Gasteiger partial charge in [0.15, 0.2) is 5.82 Å². The summed E-state index contributed by atoms with van der Waals surface area (Å²) in [6.07, 6.45) is 2.87. The Bertz CT molecular complexity index is 1160. The first-order valence-electron chi connectivity index (χ1n) is 9.31. The summed E-state index contributed by atoms with van der Waals surface area (Å²) in [6.45, 7) is 2.47. The van der Waals surface area contributed by atoms with Crippen LogP contribution in [-0.2, 0) is 19.5 Å². The molecule has 0 bridgehead atoms. The van der Waals surface area contributed by atoms with Gasteiger partial charge in [0.25, 0.3) is 0 Å². The summed E-state index contributed by atoms with van der Waals surface area (Å²) < 4.78 is 6.05. The summed E-state index contributed by atoms with van der Waals surface area (Å²) in [4.78, 5) is 12.8. The molecule has 4 nitrogen and oxygen atoms in total. The Balaban J connectivity index is 1.31. The highest BCUT2D eigenvalue weighted by Crippen LogP contribution is 2.32. The predicted octanol–water partition coefficient (Wildman–Crippen LogP) is 6.33. The first-order chi connectivity index (χ1) is 14.2.